The van der Waals surface area contributed by atoms with Crippen molar-refractivity contribution in [3.8, 4) is 0 Å². The summed E-state index contributed by atoms with van der Waals surface area (Å²) in [5.41, 5.74) is 0. The quantitative estimate of drug-likeness (QED) is 0.681. The normalized spacial score (nSPS) is 31.7. The fourth-order valence-corrected chi connectivity index (χ4v) is 1.85. The smallest absolute Gasteiger partial charge is 0.332 e. The first-order valence-corrected chi connectivity index (χ1v) is 4.90. The fraction of sp³-hybridized carbons (Fsp3) is 0.857. The molecule has 11 heavy (non-hydrogen) atoms. The molecule has 0 saturated carbocycles. The van der Waals surface area contributed by atoms with Crippen LogP contribution in [0.3, 0.4) is 0 Å². The average Bonchev–Trinajstić information content (AvgIpc) is 2.05. The van der Waals surface area contributed by atoms with Gasteiger partial charge in [0.15, 0.2) is 6.10 Å². The minimum absolute atomic E-state index is 0.463. The van der Waals surface area contributed by atoms with Gasteiger partial charge in [-0.3, -0.25) is 0 Å². The van der Waals surface area contributed by atoms with Crippen molar-refractivity contribution in [1.29, 1.82) is 0 Å². The maximum absolute atomic E-state index is 10.5. The van der Waals surface area contributed by atoms with Gasteiger partial charge in [-0.1, -0.05) is 0 Å². The SMILES string of the molecule is CSC1CCOC(C(=O)O)C1. The van der Waals surface area contributed by atoms with Crippen LogP contribution in [0, 0.1) is 0 Å². The monoisotopic (exact) mass is 176 g/mol. The Morgan fingerprint density at radius 1 is 1.73 bits per heavy atom. The largest absolute Gasteiger partial charge is 0.479 e. The van der Waals surface area contributed by atoms with Crippen LogP contribution in [-0.2, 0) is 9.53 Å². The van der Waals surface area contributed by atoms with Gasteiger partial charge in [0.1, 0.15) is 0 Å². The summed E-state index contributed by atoms with van der Waals surface area (Å²) in [6.07, 6.45) is 3.07. The summed E-state index contributed by atoms with van der Waals surface area (Å²) in [4.78, 5) is 10.5. The van der Waals surface area contributed by atoms with Crippen LogP contribution in [0.15, 0.2) is 0 Å². The molecule has 0 bridgehead atoms. The third-order valence-corrected chi connectivity index (χ3v) is 2.94. The van der Waals surface area contributed by atoms with E-state index in [1.54, 1.807) is 11.8 Å². The lowest BCUT2D eigenvalue weighted by molar-refractivity contribution is -0.152. The first-order valence-electron chi connectivity index (χ1n) is 3.61. The summed E-state index contributed by atoms with van der Waals surface area (Å²) < 4.78 is 5.06. The molecule has 1 saturated heterocycles. The highest BCUT2D eigenvalue weighted by Crippen LogP contribution is 2.23. The molecule has 0 aliphatic carbocycles. The van der Waals surface area contributed by atoms with Gasteiger partial charge in [0.05, 0.1) is 0 Å². The summed E-state index contributed by atoms with van der Waals surface area (Å²) in [6, 6.07) is 0. The molecule has 0 radical (unpaired) electrons. The summed E-state index contributed by atoms with van der Waals surface area (Å²) in [7, 11) is 0. The van der Waals surface area contributed by atoms with Crippen LogP contribution in [0.1, 0.15) is 12.8 Å². The van der Waals surface area contributed by atoms with E-state index >= 15 is 0 Å². The van der Waals surface area contributed by atoms with E-state index in [4.69, 9.17) is 9.84 Å². The Labute approximate surface area is 70.1 Å². The minimum atomic E-state index is -0.830. The molecular weight excluding hydrogens is 164 g/mol. The van der Waals surface area contributed by atoms with Gasteiger partial charge in [0, 0.05) is 11.9 Å². The third-order valence-electron chi connectivity index (χ3n) is 1.84. The Hall–Kier alpha value is -0.220. The third kappa shape index (κ3) is 2.38. The number of carboxylic acids is 1. The van der Waals surface area contributed by atoms with E-state index in [1.807, 2.05) is 6.26 Å². The molecule has 1 aliphatic rings. The number of carboxylic acid groups (broad SMARTS) is 1. The molecule has 0 aromatic heterocycles. The first kappa shape index (κ1) is 8.87. The van der Waals surface area contributed by atoms with Gasteiger partial charge in [0.25, 0.3) is 0 Å². The Balaban J connectivity index is 2.39. The molecule has 0 aromatic rings. The van der Waals surface area contributed by atoms with Crippen LogP contribution < -0.4 is 0 Å². The number of hydrogen-bond acceptors (Lipinski definition) is 3. The number of aliphatic carboxylic acids is 1. The highest BCUT2D eigenvalue weighted by Gasteiger charge is 2.26. The molecule has 1 heterocycles. The lowest BCUT2D eigenvalue weighted by Crippen LogP contribution is -2.33. The zero-order valence-electron chi connectivity index (χ0n) is 6.45. The first-order chi connectivity index (χ1) is 5.24. The van der Waals surface area contributed by atoms with E-state index in [1.165, 1.54) is 0 Å². The summed E-state index contributed by atoms with van der Waals surface area (Å²) in [5.74, 6) is -0.830. The molecule has 3 nitrogen and oxygen atoms in total. The van der Waals surface area contributed by atoms with Crippen molar-refractivity contribution in [1.82, 2.24) is 0 Å². The van der Waals surface area contributed by atoms with E-state index in [-0.39, 0.29) is 0 Å². The Morgan fingerprint density at radius 2 is 2.45 bits per heavy atom. The molecule has 64 valence electrons. The van der Waals surface area contributed by atoms with Crippen molar-refractivity contribution >= 4 is 17.7 Å². The molecule has 1 rings (SSSR count). The van der Waals surface area contributed by atoms with E-state index in [9.17, 15) is 4.79 Å². The number of carbonyl (C=O) groups is 1. The van der Waals surface area contributed by atoms with Gasteiger partial charge < -0.3 is 9.84 Å². The van der Waals surface area contributed by atoms with Crippen LogP contribution in [0.25, 0.3) is 0 Å². The van der Waals surface area contributed by atoms with Crippen molar-refractivity contribution in [2.75, 3.05) is 12.9 Å². The van der Waals surface area contributed by atoms with Gasteiger partial charge in [-0.2, -0.15) is 11.8 Å². The van der Waals surface area contributed by atoms with Crippen LogP contribution in [-0.4, -0.2) is 35.3 Å². The molecule has 2 atom stereocenters. The topological polar surface area (TPSA) is 46.5 Å². The summed E-state index contributed by atoms with van der Waals surface area (Å²) >= 11 is 1.72. The highest BCUT2D eigenvalue weighted by molar-refractivity contribution is 7.99. The Morgan fingerprint density at radius 3 is 3.00 bits per heavy atom. The maximum atomic E-state index is 10.5. The van der Waals surface area contributed by atoms with Crippen molar-refractivity contribution in [3.63, 3.8) is 0 Å². The lowest BCUT2D eigenvalue weighted by Gasteiger charge is -2.25. The molecule has 0 amide bonds. The maximum Gasteiger partial charge on any atom is 0.332 e. The Kier molecular flexibility index (Phi) is 3.20. The van der Waals surface area contributed by atoms with Gasteiger partial charge in [-0.05, 0) is 19.1 Å². The molecule has 0 spiro atoms. The molecule has 1 aliphatic heterocycles. The molecule has 1 N–H and O–H groups in total. The standard InChI is InChI=1S/C7H12O3S/c1-11-5-2-3-10-6(4-5)7(8)9/h5-6H,2-4H2,1H3,(H,8,9). The fourth-order valence-electron chi connectivity index (χ4n) is 1.15. The van der Waals surface area contributed by atoms with Gasteiger partial charge in [0.2, 0.25) is 0 Å². The zero-order chi connectivity index (χ0) is 8.27. The summed E-state index contributed by atoms with van der Waals surface area (Å²) in [6.45, 7) is 0.586. The average molecular weight is 176 g/mol. The van der Waals surface area contributed by atoms with Gasteiger partial charge in [-0.15, -0.1) is 0 Å². The van der Waals surface area contributed by atoms with Crippen LogP contribution in [0.2, 0.25) is 0 Å². The van der Waals surface area contributed by atoms with Crippen LogP contribution >= 0.6 is 11.8 Å². The predicted molar refractivity (Wildman–Crippen MR) is 43.9 cm³/mol. The number of hydrogen-bond donors (Lipinski definition) is 1. The molecule has 1 fully saturated rings. The Bertz CT molecular complexity index is 149. The van der Waals surface area contributed by atoms with E-state index in [0.29, 0.717) is 18.3 Å². The van der Waals surface area contributed by atoms with Crippen LogP contribution in [0.4, 0.5) is 0 Å². The lowest BCUT2D eigenvalue weighted by atomic mass is 10.1. The van der Waals surface area contributed by atoms with Crippen molar-refractivity contribution in [3.05, 3.63) is 0 Å². The second-order valence-electron chi connectivity index (χ2n) is 2.58. The van der Waals surface area contributed by atoms with Gasteiger partial charge in [-0.25, -0.2) is 4.79 Å². The highest BCUT2D eigenvalue weighted by atomic mass is 32.2. The van der Waals surface area contributed by atoms with E-state index < -0.39 is 12.1 Å². The number of rotatable bonds is 2. The van der Waals surface area contributed by atoms with Crippen molar-refractivity contribution in [2.45, 2.75) is 24.2 Å². The molecule has 0 aromatic carbocycles. The predicted octanol–water partition coefficient (Wildman–Crippen LogP) is 0.982. The molecular formula is C7H12O3S. The van der Waals surface area contributed by atoms with E-state index in [0.717, 1.165) is 6.42 Å². The molecule has 4 heteroatoms. The number of ether oxygens (including phenoxy) is 1. The summed E-state index contributed by atoms with van der Waals surface area (Å²) in [5, 5.41) is 9.08. The zero-order valence-corrected chi connectivity index (χ0v) is 7.26. The molecule has 2 unspecified atom stereocenters. The minimum Gasteiger partial charge on any atom is -0.479 e. The van der Waals surface area contributed by atoms with Crippen molar-refractivity contribution in [2.24, 2.45) is 0 Å². The number of thioether (sulfide) groups is 1. The van der Waals surface area contributed by atoms with Gasteiger partial charge >= 0.3 is 5.97 Å². The second kappa shape index (κ2) is 3.97. The second-order valence-corrected chi connectivity index (χ2v) is 3.72. The van der Waals surface area contributed by atoms with E-state index in [2.05, 4.69) is 0 Å². The van der Waals surface area contributed by atoms with Crippen LogP contribution in [0.5, 0.6) is 0 Å². The van der Waals surface area contributed by atoms with Crippen molar-refractivity contribution < 1.29 is 14.6 Å².